The first-order valence-corrected chi connectivity index (χ1v) is 8.94. The Balaban J connectivity index is 1.75. The maximum Gasteiger partial charge on any atom is 0.224 e. The van der Waals surface area contributed by atoms with Gasteiger partial charge in [0, 0.05) is 24.7 Å². The van der Waals surface area contributed by atoms with Crippen molar-refractivity contribution in [2.24, 2.45) is 0 Å². The minimum Gasteiger partial charge on any atom is -0.496 e. The predicted octanol–water partition coefficient (Wildman–Crippen LogP) is 2.67. The predicted molar refractivity (Wildman–Crippen MR) is 95.8 cm³/mol. The Labute approximate surface area is 145 Å². The van der Waals surface area contributed by atoms with Gasteiger partial charge in [-0.3, -0.25) is 4.79 Å². The summed E-state index contributed by atoms with van der Waals surface area (Å²) >= 11 is 0. The van der Waals surface area contributed by atoms with Crippen LogP contribution in [0.4, 0.5) is 0 Å². The molecule has 1 aliphatic rings. The molecule has 0 unspecified atom stereocenters. The minimum atomic E-state index is -0.0135. The molecule has 0 aliphatic heterocycles. The van der Waals surface area contributed by atoms with Gasteiger partial charge in [0.1, 0.15) is 11.5 Å². The molecule has 0 aromatic heterocycles. The summed E-state index contributed by atoms with van der Waals surface area (Å²) in [6, 6.07) is 6.16. The van der Waals surface area contributed by atoms with Crippen LogP contribution in [0.3, 0.4) is 0 Å². The van der Waals surface area contributed by atoms with Crippen molar-refractivity contribution in [3.8, 4) is 11.5 Å². The molecule has 1 fully saturated rings. The summed E-state index contributed by atoms with van der Waals surface area (Å²) in [7, 11) is 3.21. The number of carbonyl (C=O) groups excluding carboxylic acids is 1. The van der Waals surface area contributed by atoms with E-state index in [2.05, 4.69) is 10.6 Å². The van der Waals surface area contributed by atoms with Crippen LogP contribution in [0.1, 0.15) is 44.1 Å². The van der Waals surface area contributed by atoms with Crippen LogP contribution in [-0.4, -0.2) is 39.3 Å². The van der Waals surface area contributed by atoms with Gasteiger partial charge in [0.25, 0.3) is 0 Å². The molecule has 1 amide bonds. The summed E-state index contributed by atoms with van der Waals surface area (Å²) in [6.45, 7) is 1.46. The van der Waals surface area contributed by atoms with Crippen LogP contribution in [0.25, 0.3) is 0 Å². The van der Waals surface area contributed by atoms with Crippen molar-refractivity contribution in [1.29, 1.82) is 0 Å². The lowest BCUT2D eigenvalue weighted by molar-refractivity contribution is -0.120. The van der Waals surface area contributed by atoms with E-state index >= 15 is 0 Å². The zero-order valence-electron chi connectivity index (χ0n) is 14.9. The molecule has 1 aliphatic carbocycles. The van der Waals surface area contributed by atoms with E-state index in [4.69, 9.17) is 9.47 Å². The van der Waals surface area contributed by atoms with E-state index in [1.165, 1.54) is 38.5 Å². The van der Waals surface area contributed by atoms with Gasteiger partial charge in [-0.25, -0.2) is 0 Å². The maximum atomic E-state index is 12.2. The zero-order chi connectivity index (χ0) is 17.2. The molecular formula is C19H30N2O3. The lowest BCUT2D eigenvalue weighted by Gasteiger charge is -2.16. The average molecular weight is 334 g/mol. The van der Waals surface area contributed by atoms with Gasteiger partial charge in [0.2, 0.25) is 5.91 Å². The van der Waals surface area contributed by atoms with E-state index in [-0.39, 0.29) is 12.3 Å². The van der Waals surface area contributed by atoms with E-state index in [0.717, 1.165) is 12.1 Å². The Morgan fingerprint density at radius 2 is 1.67 bits per heavy atom. The maximum absolute atomic E-state index is 12.2. The number of ether oxygens (including phenoxy) is 2. The fourth-order valence-corrected chi connectivity index (χ4v) is 3.29. The molecule has 1 aromatic carbocycles. The first-order chi connectivity index (χ1) is 11.7. The minimum absolute atomic E-state index is 0.0135. The van der Waals surface area contributed by atoms with Crippen LogP contribution in [0, 0.1) is 0 Å². The topological polar surface area (TPSA) is 59.6 Å². The number of carbonyl (C=O) groups is 1. The van der Waals surface area contributed by atoms with E-state index < -0.39 is 0 Å². The van der Waals surface area contributed by atoms with Crippen molar-refractivity contribution < 1.29 is 14.3 Å². The Bertz CT molecular complexity index is 489. The second-order valence-corrected chi connectivity index (χ2v) is 6.31. The van der Waals surface area contributed by atoms with Crippen LogP contribution in [0.15, 0.2) is 18.2 Å². The smallest absolute Gasteiger partial charge is 0.224 e. The molecule has 0 heterocycles. The van der Waals surface area contributed by atoms with Gasteiger partial charge in [-0.2, -0.15) is 0 Å². The van der Waals surface area contributed by atoms with Crippen molar-refractivity contribution in [2.45, 2.75) is 51.0 Å². The van der Waals surface area contributed by atoms with Crippen molar-refractivity contribution in [1.82, 2.24) is 10.6 Å². The molecule has 0 saturated heterocycles. The molecule has 2 N–H and O–H groups in total. The summed E-state index contributed by atoms with van der Waals surface area (Å²) in [5, 5.41) is 6.54. The molecule has 5 heteroatoms. The molecule has 134 valence electrons. The van der Waals surface area contributed by atoms with E-state index in [1.807, 2.05) is 18.2 Å². The summed E-state index contributed by atoms with van der Waals surface area (Å²) < 4.78 is 10.7. The molecule has 0 bridgehead atoms. The van der Waals surface area contributed by atoms with Crippen molar-refractivity contribution in [3.05, 3.63) is 23.8 Å². The molecular weight excluding hydrogens is 304 g/mol. The molecule has 1 aromatic rings. The summed E-state index contributed by atoms with van der Waals surface area (Å²) in [4.78, 5) is 12.2. The second kappa shape index (κ2) is 10.2. The number of benzene rings is 1. The molecule has 2 rings (SSSR count). The molecule has 0 atom stereocenters. The van der Waals surface area contributed by atoms with Crippen LogP contribution in [-0.2, 0) is 11.2 Å². The summed E-state index contributed by atoms with van der Waals surface area (Å²) in [5.74, 6) is 1.35. The lowest BCUT2D eigenvalue weighted by Crippen LogP contribution is -2.37. The van der Waals surface area contributed by atoms with Gasteiger partial charge in [0.05, 0.1) is 20.6 Å². The van der Waals surface area contributed by atoms with Crippen LogP contribution in [0.5, 0.6) is 11.5 Å². The zero-order valence-corrected chi connectivity index (χ0v) is 14.9. The fourth-order valence-electron chi connectivity index (χ4n) is 3.29. The molecule has 0 spiro atoms. The monoisotopic (exact) mass is 334 g/mol. The highest BCUT2D eigenvalue weighted by Crippen LogP contribution is 2.28. The van der Waals surface area contributed by atoms with Crippen molar-refractivity contribution in [3.63, 3.8) is 0 Å². The SMILES string of the molecule is COc1cccc(OC)c1CC(=O)NCCNC1CCCCCC1. The van der Waals surface area contributed by atoms with Gasteiger partial charge < -0.3 is 20.1 Å². The van der Waals surface area contributed by atoms with Crippen molar-refractivity contribution >= 4 is 5.91 Å². The standard InChI is InChI=1S/C19H30N2O3/c1-23-17-10-7-11-18(24-2)16(17)14-19(22)21-13-12-20-15-8-5-3-4-6-9-15/h7,10-11,15,20H,3-6,8-9,12-14H2,1-2H3,(H,21,22). The molecule has 5 nitrogen and oxygen atoms in total. The number of methoxy groups -OCH3 is 2. The summed E-state index contributed by atoms with van der Waals surface area (Å²) in [6.07, 6.45) is 8.12. The van der Waals surface area contributed by atoms with E-state index in [9.17, 15) is 4.79 Å². The van der Waals surface area contributed by atoms with Gasteiger partial charge in [-0.05, 0) is 25.0 Å². The highest BCUT2D eigenvalue weighted by molar-refractivity contribution is 5.80. The largest absolute Gasteiger partial charge is 0.496 e. The van der Waals surface area contributed by atoms with Crippen LogP contribution in [0.2, 0.25) is 0 Å². The Morgan fingerprint density at radius 1 is 1.04 bits per heavy atom. The van der Waals surface area contributed by atoms with Gasteiger partial charge in [0.15, 0.2) is 0 Å². The Hall–Kier alpha value is -1.75. The van der Waals surface area contributed by atoms with Gasteiger partial charge >= 0.3 is 0 Å². The Kier molecular flexibility index (Phi) is 7.89. The first kappa shape index (κ1) is 18.6. The number of hydrogen-bond donors (Lipinski definition) is 2. The van der Waals surface area contributed by atoms with Gasteiger partial charge in [-0.15, -0.1) is 0 Å². The third-order valence-electron chi connectivity index (χ3n) is 4.60. The number of rotatable bonds is 8. The lowest BCUT2D eigenvalue weighted by atomic mass is 10.1. The van der Waals surface area contributed by atoms with Gasteiger partial charge in [-0.1, -0.05) is 31.7 Å². The first-order valence-electron chi connectivity index (χ1n) is 8.94. The van der Waals surface area contributed by atoms with Crippen LogP contribution >= 0.6 is 0 Å². The van der Waals surface area contributed by atoms with E-state index in [1.54, 1.807) is 14.2 Å². The number of amides is 1. The number of nitrogens with one attached hydrogen (secondary N) is 2. The van der Waals surface area contributed by atoms with Crippen molar-refractivity contribution in [2.75, 3.05) is 27.3 Å². The Morgan fingerprint density at radius 3 is 2.25 bits per heavy atom. The quantitative estimate of drug-likeness (QED) is 0.567. The molecule has 0 radical (unpaired) electrons. The highest BCUT2D eigenvalue weighted by atomic mass is 16.5. The second-order valence-electron chi connectivity index (χ2n) is 6.31. The third-order valence-corrected chi connectivity index (χ3v) is 4.60. The highest BCUT2D eigenvalue weighted by Gasteiger charge is 2.14. The van der Waals surface area contributed by atoms with Crippen LogP contribution < -0.4 is 20.1 Å². The fraction of sp³-hybridized carbons (Fsp3) is 0.632. The summed E-state index contributed by atoms with van der Waals surface area (Å²) in [5.41, 5.74) is 0.789. The average Bonchev–Trinajstić information content (AvgIpc) is 2.87. The molecule has 24 heavy (non-hydrogen) atoms. The third kappa shape index (κ3) is 5.71. The van der Waals surface area contributed by atoms with E-state index in [0.29, 0.717) is 24.1 Å². The molecule has 1 saturated carbocycles. The number of hydrogen-bond acceptors (Lipinski definition) is 4. The normalized spacial score (nSPS) is 15.6.